The van der Waals surface area contributed by atoms with Gasteiger partial charge in [-0.1, -0.05) is 6.42 Å². The monoisotopic (exact) mass is 148 g/mol. The Morgan fingerprint density at radius 2 is 2.10 bits per heavy atom. The van der Waals surface area contributed by atoms with E-state index in [1.54, 1.807) is 0 Å². The number of hydrogen-bond acceptors (Lipinski definition) is 1. The summed E-state index contributed by atoms with van der Waals surface area (Å²) in [6.07, 6.45) is 2.26. The molecule has 0 aromatic rings. The lowest BCUT2D eigenvalue weighted by Gasteiger charge is -2.13. The number of alkyl halides is 2. The van der Waals surface area contributed by atoms with Crippen molar-refractivity contribution in [2.45, 2.75) is 31.3 Å². The number of fused-ring (bicyclic) bond motifs is 1. The summed E-state index contributed by atoms with van der Waals surface area (Å²) in [5, 5.41) is 0. The molecule has 1 saturated heterocycles. The molecule has 0 radical (unpaired) electrons. The highest BCUT2D eigenvalue weighted by Gasteiger charge is 2.52. The molecule has 0 aromatic heterocycles. The zero-order valence-corrected chi connectivity index (χ0v) is 5.65. The Morgan fingerprint density at radius 1 is 1.30 bits per heavy atom. The maximum Gasteiger partial charge on any atom is 0.276 e. The summed E-state index contributed by atoms with van der Waals surface area (Å²) in [5.74, 6) is -2.99. The van der Waals surface area contributed by atoms with E-state index in [2.05, 4.69) is 0 Å². The number of halogens is 2. The van der Waals surface area contributed by atoms with E-state index in [0.717, 1.165) is 12.8 Å². The summed E-state index contributed by atoms with van der Waals surface area (Å²) >= 11 is 0. The van der Waals surface area contributed by atoms with Crippen LogP contribution in [-0.2, 0) is 4.74 Å². The van der Waals surface area contributed by atoms with E-state index >= 15 is 0 Å². The van der Waals surface area contributed by atoms with Gasteiger partial charge in [0.1, 0.15) is 6.61 Å². The average molecular weight is 148 g/mol. The van der Waals surface area contributed by atoms with Gasteiger partial charge >= 0.3 is 0 Å². The Bertz CT molecular complexity index is 147. The minimum absolute atomic E-state index is 0.130. The van der Waals surface area contributed by atoms with Crippen molar-refractivity contribution in [3.63, 3.8) is 0 Å². The van der Waals surface area contributed by atoms with Gasteiger partial charge in [0.05, 0.1) is 12.0 Å². The highest BCUT2D eigenvalue weighted by Crippen LogP contribution is 2.44. The van der Waals surface area contributed by atoms with Crippen molar-refractivity contribution in [1.82, 2.24) is 0 Å². The van der Waals surface area contributed by atoms with Crippen molar-refractivity contribution >= 4 is 0 Å². The Balaban J connectivity index is 2.16. The molecule has 2 aliphatic rings. The van der Waals surface area contributed by atoms with E-state index in [-0.39, 0.29) is 12.7 Å². The largest absolute Gasteiger partial charge is 0.371 e. The van der Waals surface area contributed by atoms with Crippen molar-refractivity contribution in [2.75, 3.05) is 6.61 Å². The molecule has 0 bridgehead atoms. The van der Waals surface area contributed by atoms with Gasteiger partial charge < -0.3 is 4.74 Å². The van der Waals surface area contributed by atoms with E-state index in [9.17, 15) is 8.78 Å². The standard InChI is InChI=1S/C7H10F2O/c8-7(9)4-10-6-3-1-2-5(6)7/h5-6H,1-4H2. The average Bonchev–Trinajstić information content (AvgIpc) is 2.36. The van der Waals surface area contributed by atoms with Crippen LogP contribution in [0.5, 0.6) is 0 Å². The van der Waals surface area contributed by atoms with Gasteiger partial charge in [0.2, 0.25) is 0 Å². The van der Waals surface area contributed by atoms with E-state index in [4.69, 9.17) is 4.74 Å². The van der Waals surface area contributed by atoms with E-state index < -0.39 is 11.8 Å². The van der Waals surface area contributed by atoms with Gasteiger partial charge in [0, 0.05) is 0 Å². The molecular weight excluding hydrogens is 138 g/mol. The summed E-state index contributed by atoms with van der Waals surface area (Å²) in [7, 11) is 0. The minimum atomic E-state index is -2.53. The first-order valence-electron chi connectivity index (χ1n) is 3.69. The lowest BCUT2D eigenvalue weighted by molar-refractivity contribution is -0.0383. The third-order valence-corrected chi connectivity index (χ3v) is 2.48. The predicted octanol–water partition coefficient (Wildman–Crippen LogP) is 1.82. The van der Waals surface area contributed by atoms with Crippen LogP contribution in [0, 0.1) is 5.92 Å². The van der Waals surface area contributed by atoms with Gasteiger partial charge in [-0.05, 0) is 12.8 Å². The molecule has 2 rings (SSSR count). The van der Waals surface area contributed by atoms with Crippen molar-refractivity contribution in [3.05, 3.63) is 0 Å². The van der Waals surface area contributed by atoms with Crippen molar-refractivity contribution in [1.29, 1.82) is 0 Å². The van der Waals surface area contributed by atoms with Crippen LogP contribution in [0.25, 0.3) is 0 Å². The SMILES string of the molecule is FC1(F)COC2CCCC21. The fourth-order valence-corrected chi connectivity index (χ4v) is 1.93. The molecule has 1 aliphatic heterocycles. The number of hydrogen-bond donors (Lipinski definition) is 0. The van der Waals surface area contributed by atoms with Gasteiger partial charge in [-0.2, -0.15) is 0 Å². The molecule has 10 heavy (non-hydrogen) atoms. The second-order valence-corrected chi connectivity index (χ2v) is 3.15. The molecule has 58 valence electrons. The summed E-state index contributed by atoms with van der Waals surface area (Å²) in [6.45, 7) is -0.345. The highest BCUT2D eigenvalue weighted by atomic mass is 19.3. The predicted molar refractivity (Wildman–Crippen MR) is 32.0 cm³/mol. The third-order valence-electron chi connectivity index (χ3n) is 2.48. The van der Waals surface area contributed by atoms with Gasteiger partial charge in [-0.25, -0.2) is 8.78 Å². The summed E-state index contributed by atoms with van der Waals surface area (Å²) in [4.78, 5) is 0. The molecule has 0 amide bonds. The molecule has 0 spiro atoms. The minimum Gasteiger partial charge on any atom is -0.371 e. The molecule has 0 aromatic carbocycles. The maximum atomic E-state index is 12.8. The lowest BCUT2D eigenvalue weighted by atomic mass is 10.0. The molecule has 1 nitrogen and oxygen atoms in total. The molecule has 3 heteroatoms. The molecule has 1 heterocycles. The van der Waals surface area contributed by atoms with Crippen LogP contribution in [0.1, 0.15) is 19.3 Å². The van der Waals surface area contributed by atoms with Crippen LogP contribution in [0.2, 0.25) is 0 Å². The second-order valence-electron chi connectivity index (χ2n) is 3.15. The smallest absolute Gasteiger partial charge is 0.276 e. The maximum absolute atomic E-state index is 12.8. The summed E-state index contributed by atoms with van der Waals surface area (Å²) in [5.41, 5.74) is 0. The van der Waals surface area contributed by atoms with Gasteiger partial charge in [0.15, 0.2) is 0 Å². The lowest BCUT2D eigenvalue weighted by Crippen LogP contribution is -2.26. The quantitative estimate of drug-likeness (QED) is 0.509. The van der Waals surface area contributed by atoms with Crippen LogP contribution >= 0.6 is 0 Å². The van der Waals surface area contributed by atoms with Crippen LogP contribution < -0.4 is 0 Å². The Hall–Kier alpha value is -0.180. The van der Waals surface area contributed by atoms with Crippen LogP contribution in [0.15, 0.2) is 0 Å². The fourth-order valence-electron chi connectivity index (χ4n) is 1.93. The normalized spacial score (nSPS) is 43.8. The first-order chi connectivity index (χ1) is 4.70. The van der Waals surface area contributed by atoms with E-state index in [0.29, 0.717) is 6.42 Å². The number of ether oxygens (including phenoxy) is 1. The van der Waals surface area contributed by atoms with Crippen LogP contribution in [-0.4, -0.2) is 18.6 Å². The molecule has 2 atom stereocenters. The van der Waals surface area contributed by atoms with E-state index in [1.165, 1.54) is 0 Å². The van der Waals surface area contributed by atoms with E-state index in [1.807, 2.05) is 0 Å². The molecule has 1 saturated carbocycles. The molecule has 2 unspecified atom stereocenters. The zero-order chi connectivity index (χ0) is 7.19. The van der Waals surface area contributed by atoms with Gasteiger partial charge in [0.25, 0.3) is 5.92 Å². The topological polar surface area (TPSA) is 9.23 Å². The molecule has 2 fully saturated rings. The first-order valence-corrected chi connectivity index (χ1v) is 3.69. The fraction of sp³-hybridized carbons (Fsp3) is 1.00. The molecule has 1 aliphatic carbocycles. The van der Waals surface area contributed by atoms with Gasteiger partial charge in [-0.15, -0.1) is 0 Å². The van der Waals surface area contributed by atoms with Crippen LogP contribution in [0.3, 0.4) is 0 Å². The Kier molecular flexibility index (Phi) is 1.24. The third kappa shape index (κ3) is 0.764. The second kappa shape index (κ2) is 1.91. The Labute approximate surface area is 58.4 Å². The van der Waals surface area contributed by atoms with Crippen molar-refractivity contribution in [3.8, 4) is 0 Å². The molecule has 0 N–H and O–H groups in total. The first kappa shape index (κ1) is 6.53. The van der Waals surface area contributed by atoms with Crippen LogP contribution in [0.4, 0.5) is 8.78 Å². The van der Waals surface area contributed by atoms with Gasteiger partial charge in [-0.3, -0.25) is 0 Å². The zero-order valence-electron chi connectivity index (χ0n) is 5.65. The highest BCUT2D eigenvalue weighted by molar-refractivity contribution is 4.93. The molecular formula is C7H10F2O. The summed E-state index contributed by atoms with van der Waals surface area (Å²) in [6, 6.07) is 0. The van der Waals surface area contributed by atoms with Crippen molar-refractivity contribution in [2.24, 2.45) is 5.92 Å². The Morgan fingerprint density at radius 3 is 2.80 bits per heavy atom. The van der Waals surface area contributed by atoms with Crippen molar-refractivity contribution < 1.29 is 13.5 Å². The summed E-state index contributed by atoms with van der Waals surface area (Å²) < 4.78 is 30.5. The number of rotatable bonds is 0.